The Morgan fingerprint density at radius 1 is 1.37 bits per heavy atom. The molecule has 0 aliphatic heterocycles. The van der Waals surface area contributed by atoms with Crippen LogP contribution in [0, 0.1) is 11.3 Å². The summed E-state index contributed by atoms with van der Waals surface area (Å²) in [5.74, 6) is 0.0465. The number of nitrogens with two attached hydrogens (primary N) is 1. The SMILES string of the molecule is CC1CC(C)(C)CC1(NCc1ccccc1)C(N)=O. The molecule has 0 bridgehead atoms. The van der Waals surface area contributed by atoms with Crippen LogP contribution >= 0.6 is 0 Å². The van der Waals surface area contributed by atoms with Crippen molar-refractivity contribution >= 4 is 5.91 Å². The van der Waals surface area contributed by atoms with E-state index in [0.29, 0.717) is 6.54 Å². The first kappa shape index (κ1) is 14.1. The van der Waals surface area contributed by atoms with E-state index in [4.69, 9.17) is 5.73 Å². The predicted molar refractivity (Wildman–Crippen MR) is 77.4 cm³/mol. The number of rotatable bonds is 4. The summed E-state index contributed by atoms with van der Waals surface area (Å²) in [5.41, 5.74) is 6.48. The number of benzene rings is 1. The molecule has 1 fully saturated rings. The molecule has 2 atom stereocenters. The number of nitrogens with one attached hydrogen (secondary N) is 1. The third kappa shape index (κ3) is 2.81. The van der Waals surface area contributed by atoms with E-state index in [0.717, 1.165) is 12.8 Å². The molecule has 3 heteroatoms. The molecule has 0 heterocycles. The van der Waals surface area contributed by atoms with Crippen molar-refractivity contribution in [1.29, 1.82) is 0 Å². The highest BCUT2D eigenvalue weighted by Crippen LogP contribution is 2.47. The van der Waals surface area contributed by atoms with Gasteiger partial charge in [0.15, 0.2) is 0 Å². The van der Waals surface area contributed by atoms with Gasteiger partial charge in [0.1, 0.15) is 5.54 Å². The fourth-order valence-corrected chi connectivity index (χ4v) is 3.51. The van der Waals surface area contributed by atoms with Crippen LogP contribution in [0.25, 0.3) is 0 Å². The van der Waals surface area contributed by atoms with E-state index in [1.807, 2.05) is 18.2 Å². The summed E-state index contributed by atoms with van der Waals surface area (Å²) in [6.07, 6.45) is 1.83. The summed E-state index contributed by atoms with van der Waals surface area (Å²) in [5, 5.41) is 3.44. The first-order valence-electron chi connectivity index (χ1n) is 6.95. The van der Waals surface area contributed by atoms with Gasteiger partial charge in [-0.05, 0) is 29.7 Å². The second-order valence-corrected chi connectivity index (χ2v) is 6.62. The lowest BCUT2D eigenvalue weighted by atomic mass is 9.85. The average molecular weight is 260 g/mol. The molecule has 1 saturated carbocycles. The highest BCUT2D eigenvalue weighted by molar-refractivity contribution is 5.85. The molecular formula is C16H24N2O. The largest absolute Gasteiger partial charge is 0.368 e. The first-order chi connectivity index (χ1) is 8.86. The van der Waals surface area contributed by atoms with E-state index in [9.17, 15) is 4.79 Å². The summed E-state index contributed by atoms with van der Waals surface area (Å²) in [7, 11) is 0. The number of primary amides is 1. The molecule has 2 unspecified atom stereocenters. The molecule has 3 nitrogen and oxygen atoms in total. The van der Waals surface area contributed by atoms with Crippen molar-refractivity contribution in [3.8, 4) is 0 Å². The molecule has 104 valence electrons. The molecule has 1 aromatic carbocycles. The Hall–Kier alpha value is -1.35. The number of carbonyl (C=O) groups is 1. The van der Waals surface area contributed by atoms with Crippen molar-refractivity contribution in [3.05, 3.63) is 35.9 Å². The van der Waals surface area contributed by atoms with Crippen LogP contribution in [0.15, 0.2) is 30.3 Å². The predicted octanol–water partition coefficient (Wildman–Crippen LogP) is 2.46. The highest BCUT2D eigenvalue weighted by atomic mass is 16.1. The highest BCUT2D eigenvalue weighted by Gasteiger charge is 2.52. The van der Waals surface area contributed by atoms with Gasteiger partial charge in [-0.2, -0.15) is 0 Å². The fraction of sp³-hybridized carbons (Fsp3) is 0.562. The van der Waals surface area contributed by atoms with E-state index in [2.05, 4.69) is 38.2 Å². The molecule has 1 amide bonds. The zero-order chi connectivity index (χ0) is 14.1. The average Bonchev–Trinajstić information content (AvgIpc) is 2.58. The van der Waals surface area contributed by atoms with Crippen LogP contribution in [-0.2, 0) is 11.3 Å². The molecule has 19 heavy (non-hydrogen) atoms. The number of carbonyl (C=O) groups excluding carboxylic acids is 1. The van der Waals surface area contributed by atoms with Gasteiger partial charge >= 0.3 is 0 Å². The second-order valence-electron chi connectivity index (χ2n) is 6.62. The Balaban J connectivity index is 2.16. The third-order valence-corrected chi connectivity index (χ3v) is 4.35. The summed E-state index contributed by atoms with van der Waals surface area (Å²) in [6.45, 7) is 7.22. The Kier molecular flexibility index (Phi) is 3.68. The zero-order valence-corrected chi connectivity index (χ0v) is 12.1. The summed E-state index contributed by atoms with van der Waals surface area (Å²) in [4.78, 5) is 12.0. The van der Waals surface area contributed by atoms with Crippen molar-refractivity contribution in [2.75, 3.05) is 0 Å². The standard InChI is InChI=1S/C16H24N2O/c1-12-9-15(2,3)11-16(12,14(17)19)18-10-13-7-5-4-6-8-13/h4-8,12,18H,9-11H2,1-3H3,(H2,17,19). The van der Waals surface area contributed by atoms with Crippen molar-refractivity contribution in [3.63, 3.8) is 0 Å². The van der Waals surface area contributed by atoms with Gasteiger partial charge in [-0.15, -0.1) is 0 Å². The Morgan fingerprint density at radius 3 is 2.47 bits per heavy atom. The van der Waals surface area contributed by atoms with Crippen molar-refractivity contribution in [2.24, 2.45) is 17.1 Å². The van der Waals surface area contributed by atoms with Crippen LogP contribution in [0.3, 0.4) is 0 Å². The molecular weight excluding hydrogens is 236 g/mol. The van der Waals surface area contributed by atoms with Crippen LogP contribution in [0.4, 0.5) is 0 Å². The minimum Gasteiger partial charge on any atom is -0.368 e. The monoisotopic (exact) mass is 260 g/mol. The van der Waals surface area contributed by atoms with Gasteiger partial charge in [-0.25, -0.2) is 0 Å². The zero-order valence-electron chi connectivity index (χ0n) is 12.1. The van der Waals surface area contributed by atoms with Gasteiger partial charge in [0, 0.05) is 6.54 Å². The van der Waals surface area contributed by atoms with Crippen molar-refractivity contribution < 1.29 is 4.79 Å². The van der Waals surface area contributed by atoms with E-state index in [1.54, 1.807) is 0 Å². The van der Waals surface area contributed by atoms with Gasteiger partial charge in [0.25, 0.3) is 0 Å². The molecule has 1 aliphatic rings. The second kappa shape index (κ2) is 4.97. The lowest BCUT2D eigenvalue weighted by molar-refractivity contribution is -0.126. The van der Waals surface area contributed by atoms with Crippen molar-refractivity contribution in [2.45, 2.75) is 45.7 Å². The van der Waals surface area contributed by atoms with E-state index in [1.165, 1.54) is 5.56 Å². The van der Waals surface area contributed by atoms with Crippen LogP contribution in [0.2, 0.25) is 0 Å². The van der Waals surface area contributed by atoms with Crippen LogP contribution in [0.5, 0.6) is 0 Å². The Morgan fingerprint density at radius 2 is 2.00 bits per heavy atom. The maximum atomic E-state index is 12.0. The molecule has 3 N–H and O–H groups in total. The maximum Gasteiger partial charge on any atom is 0.238 e. The Bertz CT molecular complexity index is 455. The minimum absolute atomic E-state index is 0.165. The molecule has 0 saturated heterocycles. The number of amides is 1. The Labute approximate surface area is 115 Å². The van der Waals surface area contributed by atoms with Crippen molar-refractivity contribution in [1.82, 2.24) is 5.32 Å². The quantitative estimate of drug-likeness (QED) is 0.873. The van der Waals surface area contributed by atoms with Gasteiger partial charge in [0.2, 0.25) is 5.91 Å². The molecule has 0 radical (unpaired) electrons. The summed E-state index contributed by atoms with van der Waals surface area (Å²) < 4.78 is 0. The molecule has 0 aromatic heterocycles. The molecule has 0 spiro atoms. The van der Waals surface area contributed by atoms with Gasteiger partial charge in [-0.3, -0.25) is 10.1 Å². The van der Waals surface area contributed by atoms with E-state index >= 15 is 0 Å². The van der Waals surface area contributed by atoms with Gasteiger partial charge in [-0.1, -0.05) is 51.1 Å². The molecule has 1 aliphatic carbocycles. The van der Waals surface area contributed by atoms with E-state index < -0.39 is 5.54 Å². The number of hydrogen-bond donors (Lipinski definition) is 2. The van der Waals surface area contributed by atoms with Gasteiger partial charge in [0.05, 0.1) is 0 Å². The number of hydrogen-bond acceptors (Lipinski definition) is 2. The maximum absolute atomic E-state index is 12.0. The van der Waals surface area contributed by atoms with E-state index in [-0.39, 0.29) is 17.2 Å². The summed E-state index contributed by atoms with van der Waals surface area (Å²) in [6, 6.07) is 10.1. The lowest BCUT2D eigenvalue weighted by Gasteiger charge is -2.32. The van der Waals surface area contributed by atoms with Gasteiger partial charge < -0.3 is 5.73 Å². The molecule has 2 rings (SSSR count). The molecule has 1 aromatic rings. The minimum atomic E-state index is -0.570. The third-order valence-electron chi connectivity index (χ3n) is 4.35. The topological polar surface area (TPSA) is 55.1 Å². The lowest BCUT2D eigenvalue weighted by Crippen LogP contribution is -2.57. The smallest absolute Gasteiger partial charge is 0.238 e. The van der Waals surface area contributed by atoms with Crippen LogP contribution < -0.4 is 11.1 Å². The fourth-order valence-electron chi connectivity index (χ4n) is 3.51. The summed E-state index contributed by atoms with van der Waals surface area (Å²) >= 11 is 0. The van der Waals surface area contributed by atoms with Crippen LogP contribution in [-0.4, -0.2) is 11.4 Å². The first-order valence-corrected chi connectivity index (χ1v) is 6.95. The van der Waals surface area contributed by atoms with Crippen LogP contribution in [0.1, 0.15) is 39.2 Å². The normalized spacial score (nSPS) is 29.3.